The molecule has 3 rings (SSSR count). The minimum absolute atomic E-state index is 0.0150. The summed E-state index contributed by atoms with van der Waals surface area (Å²) < 4.78 is 15.6. The number of nitro groups is 1. The molecule has 104 valence electrons. The lowest BCUT2D eigenvalue weighted by Gasteiger charge is -2.06. The van der Waals surface area contributed by atoms with Crippen LogP contribution in [0.25, 0.3) is 0 Å². The zero-order chi connectivity index (χ0) is 13.9. The van der Waals surface area contributed by atoms with E-state index in [0.29, 0.717) is 30.2 Å². The van der Waals surface area contributed by atoms with Crippen LogP contribution in [0.4, 0.5) is 5.69 Å². The second-order valence-corrected chi connectivity index (χ2v) is 4.27. The summed E-state index contributed by atoms with van der Waals surface area (Å²) in [4.78, 5) is 10.7. The SMILES string of the molecule is O=[N+]([O-])c1cc2c(cc1CNCc1ccco1)OCO2. The summed E-state index contributed by atoms with van der Waals surface area (Å²) in [7, 11) is 0. The molecule has 0 saturated heterocycles. The summed E-state index contributed by atoms with van der Waals surface area (Å²) in [5.41, 5.74) is 0.562. The lowest BCUT2D eigenvalue weighted by molar-refractivity contribution is -0.385. The highest BCUT2D eigenvalue weighted by atomic mass is 16.7. The minimum Gasteiger partial charge on any atom is -0.468 e. The van der Waals surface area contributed by atoms with Crippen molar-refractivity contribution in [2.45, 2.75) is 13.1 Å². The monoisotopic (exact) mass is 276 g/mol. The molecule has 0 unspecified atom stereocenters. The van der Waals surface area contributed by atoms with Crippen LogP contribution in [0.5, 0.6) is 11.5 Å². The van der Waals surface area contributed by atoms with Crippen LogP contribution in [0.3, 0.4) is 0 Å². The normalized spacial score (nSPS) is 12.6. The molecular weight excluding hydrogens is 264 g/mol. The van der Waals surface area contributed by atoms with Gasteiger partial charge < -0.3 is 19.2 Å². The molecule has 2 aromatic rings. The summed E-state index contributed by atoms with van der Waals surface area (Å²) in [6.07, 6.45) is 1.58. The molecule has 0 spiro atoms. The fraction of sp³-hybridized carbons (Fsp3) is 0.231. The van der Waals surface area contributed by atoms with Crippen LogP contribution in [-0.4, -0.2) is 11.7 Å². The third kappa shape index (κ3) is 2.43. The number of fused-ring (bicyclic) bond motifs is 1. The minimum atomic E-state index is -0.425. The van der Waals surface area contributed by atoms with Crippen molar-refractivity contribution in [2.24, 2.45) is 0 Å². The zero-order valence-corrected chi connectivity index (χ0v) is 10.5. The Morgan fingerprint density at radius 2 is 2.05 bits per heavy atom. The van der Waals surface area contributed by atoms with Crippen molar-refractivity contribution >= 4 is 5.69 Å². The Labute approximate surface area is 114 Å². The number of nitrogens with zero attached hydrogens (tertiary/aromatic N) is 1. The molecule has 1 N–H and O–H groups in total. The zero-order valence-electron chi connectivity index (χ0n) is 10.5. The van der Waals surface area contributed by atoms with E-state index < -0.39 is 4.92 Å². The molecule has 1 aromatic carbocycles. The van der Waals surface area contributed by atoms with Crippen LogP contribution in [0.1, 0.15) is 11.3 Å². The number of nitrogens with one attached hydrogen (secondary N) is 1. The number of hydrogen-bond acceptors (Lipinski definition) is 6. The second-order valence-electron chi connectivity index (χ2n) is 4.27. The van der Waals surface area contributed by atoms with Crippen LogP contribution < -0.4 is 14.8 Å². The number of rotatable bonds is 5. The molecule has 1 aromatic heterocycles. The lowest BCUT2D eigenvalue weighted by atomic mass is 10.1. The van der Waals surface area contributed by atoms with Crippen molar-refractivity contribution in [3.8, 4) is 11.5 Å². The molecule has 7 heteroatoms. The number of benzene rings is 1. The number of hydrogen-bond donors (Lipinski definition) is 1. The highest BCUT2D eigenvalue weighted by molar-refractivity contribution is 5.55. The van der Waals surface area contributed by atoms with Crippen molar-refractivity contribution in [1.29, 1.82) is 0 Å². The molecule has 1 aliphatic rings. The Hall–Kier alpha value is -2.54. The van der Waals surface area contributed by atoms with E-state index in [-0.39, 0.29) is 12.5 Å². The van der Waals surface area contributed by atoms with Crippen molar-refractivity contribution in [3.05, 3.63) is 52.0 Å². The van der Waals surface area contributed by atoms with Gasteiger partial charge in [0.1, 0.15) is 5.76 Å². The van der Waals surface area contributed by atoms with Gasteiger partial charge >= 0.3 is 0 Å². The van der Waals surface area contributed by atoms with E-state index in [0.717, 1.165) is 5.76 Å². The van der Waals surface area contributed by atoms with Gasteiger partial charge in [0.05, 0.1) is 23.8 Å². The van der Waals surface area contributed by atoms with Gasteiger partial charge in [0.15, 0.2) is 11.5 Å². The number of furan rings is 1. The molecule has 20 heavy (non-hydrogen) atoms. The van der Waals surface area contributed by atoms with E-state index in [9.17, 15) is 10.1 Å². The molecular formula is C13H12N2O5. The van der Waals surface area contributed by atoms with Crippen molar-refractivity contribution in [2.75, 3.05) is 6.79 Å². The smallest absolute Gasteiger partial charge is 0.277 e. The highest BCUT2D eigenvalue weighted by Gasteiger charge is 2.22. The van der Waals surface area contributed by atoms with Gasteiger partial charge in [-0.05, 0) is 18.2 Å². The third-order valence-electron chi connectivity index (χ3n) is 2.97. The summed E-state index contributed by atoms with van der Waals surface area (Å²) >= 11 is 0. The average Bonchev–Trinajstić information content (AvgIpc) is 3.07. The summed E-state index contributed by atoms with van der Waals surface area (Å²) in [6, 6.07) is 6.66. The maximum Gasteiger partial charge on any atom is 0.277 e. The van der Waals surface area contributed by atoms with Crippen LogP contribution in [0.2, 0.25) is 0 Å². The van der Waals surface area contributed by atoms with Gasteiger partial charge in [-0.2, -0.15) is 0 Å². The van der Waals surface area contributed by atoms with Crippen molar-refractivity contribution < 1.29 is 18.8 Å². The Morgan fingerprint density at radius 1 is 1.25 bits per heavy atom. The van der Waals surface area contributed by atoms with E-state index in [2.05, 4.69) is 5.32 Å². The van der Waals surface area contributed by atoms with E-state index in [1.807, 2.05) is 6.07 Å². The van der Waals surface area contributed by atoms with E-state index in [4.69, 9.17) is 13.9 Å². The standard InChI is InChI=1S/C13H12N2O5/c16-15(17)11-5-13-12(19-8-20-13)4-9(11)6-14-7-10-2-1-3-18-10/h1-5,14H,6-8H2. The number of nitro benzene ring substituents is 1. The van der Waals surface area contributed by atoms with Gasteiger partial charge in [-0.3, -0.25) is 10.1 Å². The molecule has 0 bridgehead atoms. The predicted octanol–water partition coefficient (Wildman–Crippen LogP) is 2.21. The average molecular weight is 276 g/mol. The molecule has 0 amide bonds. The van der Waals surface area contributed by atoms with Crippen LogP contribution >= 0.6 is 0 Å². The topological polar surface area (TPSA) is 86.8 Å². The maximum absolute atomic E-state index is 11.1. The van der Waals surface area contributed by atoms with Crippen LogP contribution in [-0.2, 0) is 13.1 Å². The van der Waals surface area contributed by atoms with Gasteiger partial charge in [-0.25, -0.2) is 0 Å². The fourth-order valence-electron chi connectivity index (χ4n) is 2.02. The quantitative estimate of drug-likeness (QED) is 0.665. The van der Waals surface area contributed by atoms with Crippen molar-refractivity contribution in [1.82, 2.24) is 5.32 Å². The molecule has 0 aliphatic carbocycles. The fourth-order valence-corrected chi connectivity index (χ4v) is 2.02. The van der Waals surface area contributed by atoms with E-state index >= 15 is 0 Å². The predicted molar refractivity (Wildman–Crippen MR) is 68.5 cm³/mol. The molecule has 7 nitrogen and oxygen atoms in total. The van der Waals surface area contributed by atoms with E-state index in [1.54, 1.807) is 18.4 Å². The molecule has 0 saturated carbocycles. The summed E-state index contributed by atoms with van der Waals surface area (Å²) in [5.74, 6) is 1.71. The van der Waals surface area contributed by atoms with Gasteiger partial charge in [0, 0.05) is 12.1 Å². The Kier molecular flexibility index (Phi) is 3.26. The van der Waals surface area contributed by atoms with E-state index in [1.165, 1.54) is 6.07 Å². The first-order chi connectivity index (χ1) is 9.74. The largest absolute Gasteiger partial charge is 0.468 e. The van der Waals surface area contributed by atoms with Crippen LogP contribution in [0, 0.1) is 10.1 Å². The first-order valence-electron chi connectivity index (χ1n) is 6.04. The molecule has 0 atom stereocenters. The Morgan fingerprint density at radius 3 is 2.75 bits per heavy atom. The van der Waals surface area contributed by atoms with Crippen LogP contribution in [0.15, 0.2) is 34.9 Å². The summed E-state index contributed by atoms with van der Waals surface area (Å²) in [5, 5.41) is 14.2. The van der Waals surface area contributed by atoms with Gasteiger partial charge in [-0.15, -0.1) is 0 Å². The molecule has 0 fully saturated rings. The highest BCUT2D eigenvalue weighted by Crippen LogP contribution is 2.37. The summed E-state index contributed by atoms with van der Waals surface area (Å²) in [6.45, 7) is 0.933. The molecule has 2 heterocycles. The lowest BCUT2D eigenvalue weighted by Crippen LogP contribution is -2.13. The third-order valence-corrected chi connectivity index (χ3v) is 2.97. The molecule has 0 radical (unpaired) electrons. The molecule has 1 aliphatic heterocycles. The Balaban J connectivity index is 1.75. The first kappa shape index (κ1) is 12.5. The van der Waals surface area contributed by atoms with Gasteiger partial charge in [0.2, 0.25) is 6.79 Å². The number of ether oxygens (including phenoxy) is 2. The first-order valence-corrected chi connectivity index (χ1v) is 6.04. The second kappa shape index (κ2) is 5.22. The van der Waals surface area contributed by atoms with Gasteiger partial charge in [0.25, 0.3) is 5.69 Å². The van der Waals surface area contributed by atoms with Crippen molar-refractivity contribution in [3.63, 3.8) is 0 Å². The van der Waals surface area contributed by atoms with Gasteiger partial charge in [-0.1, -0.05) is 0 Å². The Bertz CT molecular complexity index is 624. The maximum atomic E-state index is 11.1.